The van der Waals surface area contributed by atoms with Gasteiger partial charge in [-0.15, -0.1) is 0 Å². The van der Waals surface area contributed by atoms with Gasteiger partial charge in [-0.3, -0.25) is 4.90 Å². The summed E-state index contributed by atoms with van der Waals surface area (Å²) in [7, 11) is 1.54. The lowest BCUT2D eigenvalue weighted by Gasteiger charge is -2.31. The van der Waals surface area contributed by atoms with E-state index in [2.05, 4.69) is 20.8 Å². The summed E-state index contributed by atoms with van der Waals surface area (Å²) in [5.74, 6) is 0. The van der Waals surface area contributed by atoms with Gasteiger partial charge in [-0.1, -0.05) is 87.5 Å². The van der Waals surface area contributed by atoms with Crippen molar-refractivity contribution in [1.29, 1.82) is 0 Å². The zero-order valence-electron chi connectivity index (χ0n) is 16.7. The summed E-state index contributed by atoms with van der Waals surface area (Å²) in [4.78, 5) is 1.38. The number of fused-ring (bicyclic) bond motifs is 1. The first kappa shape index (κ1) is 20.4. The third-order valence-electron chi connectivity index (χ3n) is 5.12. The molecule has 0 spiro atoms. The predicted molar refractivity (Wildman–Crippen MR) is 109 cm³/mol. The molecule has 1 nitrogen and oxygen atoms in total. The van der Waals surface area contributed by atoms with Crippen LogP contribution in [-0.4, -0.2) is 18.1 Å². The van der Waals surface area contributed by atoms with E-state index in [1.54, 1.807) is 24.3 Å². The van der Waals surface area contributed by atoms with Gasteiger partial charge in [0.25, 0.3) is 0 Å². The standard InChI is InChI=1S/C24H26F3N/c1-23(2,3)19-14-12-17(13-15-19)16-28(4)22(24(25,26)27)21-11-7-9-18-8-5-6-10-20(18)21/h5-15,22H,16H2,1-4H3. The average molecular weight is 385 g/mol. The van der Waals surface area contributed by atoms with E-state index < -0.39 is 12.2 Å². The lowest BCUT2D eigenvalue weighted by molar-refractivity contribution is -0.184. The van der Waals surface area contributed by atoms with Crippen LogP contribution in [0, 0.1) is 0 Å². The largest absolute Gasteiger partial charge is 0.408 e. The molecule has 148 valence electrons. The van der Waals surface area contributed by atoms with Gasteiger partial charge in [-0.2, -0.15) is 13.2 Å². The van der Waals surface area contributed by atoms with Crippen molar-refractivity contribution < 1.29 is 13.2 Å². The number of hydrogen-bond donors (Lipinski definition) is 0. The molecule has 0 aliphatic carbocycles. The molecule has 0 heterocycles. The van der Waals surface area contributed by atoms with Crippen LogP contribution in [0.5, 0.6) is 0 Å². The maximum atomic E-state index is 14.1. The average Bonchev–Trinajstić information content (AvgIpc) is 2.60. The van der Waals surface area contributed by atoms with Gasteiger partial charge in [0.15, 0.2) is 0 Å². The number of halogens is 3. The molecule has 0 saturated heterocycles. The highest BCUT2D eigenvalue weighted by Crippen LogP contribution is 2.40. The van der Waals surface area contributed by atoms with E-state index in [-0.39, 0.29) is 12.0 Å². The van der Waals surface area contributed by atoms with Crippen molar-refractivity contribution in [3.8, 4) is 0 Å². The monoisotopic (exact) mass is 385 g/mol. The molecule has 1 unspecified atom stereocenters. The molecule has 3 aromatic carbocycles. The molecular formula is C24H26F3N. The number of alkyl halides is 3. The van der Waals surface area contributed by atoms with Crippen LogP contribution >= 0.6 is 0 Å². The molecule has 1 atom stereocenters. The van der Waals surface area contributed by atoms with Crippen molar-refractivity contribution >= 4 is 10.8 Å². The minimum atomic E-state index is -4.37. The summed E-state index contributed by atoms with van der Waals surface area (Å²) >= 11 is 0. The van der Waals surface area contributed by atoms with Gasteiger partial charge in [0, 0.05) is 6.54 Å². The van der Waals surface area contributed by atoms with Crippen LogP contribution in [0.2, 0.25) is 0 Å². The van der Waals surface area contributed by atoms with Gasteiger partial charge in [0.2, 0.25) is 0 Å². The minimum Gasteiger partial charge on any atom is -0.287 e. The minimum absolute atomic E-state index is 0.0158. The second-order valence-corrected chi connectivity index (χ2v) is 8.37. The molecule has 0 aromatic heterocycles. The highest BCUT2D eigenvalue weighted by atomic mass is 19.4. The maximum absolute atomic E-state index is 14.1. The third-order valence-corrected chi connectivity index (χ3v) is 5.12. The first-order valence-electron chi connectivity index (χ1n) is 9.41. The molecule has 0 aliphatic heterocycles. The number of nitrogens with zero attached hydrogens (tertiary/aromatic N) is 1. The molecule has 0 N–H and O–H groups in total. The summed E-state index contributed by atoms with van der Waals surface area (Å²) in [5, 5.41) is 1.46. The van der Waals surface area contributed by atoms with Gasteiger partial charge in [-0.05, 0) is 39.9 Å². The molecule has 0 aliphatic rings. The Labute approximate surface area is 164 Å². The first-order chi connectivity index (χ1) is 13.1. The normalized spacial score (nSPS) is 13.9. The van der Waals surface area contributed by atoms with Crippen molar-refractivity contribution in [2.24, 2.45) is 0 Å². The van der Waals surface area contributed by atoms with E-state index in [4.69, 9.17) is 0 Å². The Bertz CT molecular complexity index is 931. The van der Waals surface area contributed by atoms with Crippen molar-refractivity contribution in [1.82, 2.24) is 4.90 Å². The van der Waals surface area contributed by atoms with Gasteiger partial charge >= 0.3 is 6.18 Å². The third kappa shape index (κ3) is 4.39. The van der Waals surface area contributed by atoms with Gasteiger partial charge in [0.05, 0.1) is 0 Å². The Balaban J connectivity index is 1.94. The summed E-state index contributed by atoms with van der Waals surface area (Å²) in [6, 6.07) is 18.5. The van der Waals surface area contributed by atoms with Gasteiger partial charge < -0.3 is 0 Å². The van der Waals surface area contributed by atoms with E-state index in [1.165, 1.54) is 17.5 Å². The lowest BCUT2D eigenvalue weighted by Crippen LogP contribution is -2.35. The molecule has 0 saturated carbocycles. The molecule has 3 aromatic rings. The SMILES string of the molecule is CN(Cc1ccc(C(C)(C)C)cc1)C(c1cccc2ccccc12)C(F)(F)F. The summed E-state index contributed by atoms with van der Waals surface area (Å²) in [5.41, 5.74) is 2.34. The molecule has 4 heteroatoms. The first-order valence-corrected chi connectivity index (χ1v) is 9.41. The Morgan fingerprint density at radius 3 is 2.04 bits per heavy atom. The Morgan fingerprint density at radius 1 is 0.821 bits per heavy atom. The Hall–Kier alpha value is -2.33. The van der Waals surface area contributed by atoms with Crippen LogP contribution in [0.3, 0.4) is 0 Å². The number of hydrogen-bond acceptors (Lipinski definition) is 1. The van der Waals surface area contributed by atoms with E-state index in [0.29, 0.717) is 10.9 Å². The van der Waals surface area contributed by atoms with Crippen molar-refractivity contribution in [2.45, 2.75) is 44.9 Å². The summed E-state index contributed by atoms with van der Waals surface area (Å²) in [6.45, 7) is 6.58. The molecule has 0 fully saturated rings. The fourth-order valence-corrected chi connectivity index (χ4v) is 3.64. The molecule has 0 radical (unpaired) electrons. The Kier molecular flexibility index (Phi) is 5.53. The molecule has 0 amide bonds. The number of benzene rings is 3. The van der Waals surface area contributed by atoms with Crippen molar-refractivity contribution in [3.63, 3.8) is 0 Å². The van der Waals surface area contributed by atoms with Gasteiger partial charge in [-0.25, -0.2) is 0 Å². The fourth-order valence-electron chi connectivity index (χ4n) is 3.64. The van der Waals surface area contributed by atoms with Gasteiger partial charge in [0.1, 0.15) is 6.04 Å². The Morgan fingerprint density at radius 2 is 1.43 bits per heavy atom. The molecular weight excluding hydrogens is 359 g/mol. The van der Waals surface area contributed by atoms with Crippen LogP contribution in [0.15, 0.2) is 66.7 Å². The maximum Gasteiger partial charge on any atom is 0.408 e. The van der Waals surface area contributed by atoms with Crippen LogP contribution in [0.1, 0.15) is 43.5 Å². The fraction of sp³-hybridized carbons (Fsp3) is 0.333. The molecule has 0 bridgehead atoms. The van der Waals surface area contributed by atoms with E-state index >= 15 is 0 Å². The smallest absolute Gasteiger partial charge is 0.287 e. The van der Waals surface area contributed by atoms with E-state index in [1.807, 2.05) is 42.5 Å². The van der Waals surface area contributed by atoms with Crippen LogP contribution in [0.25, 0.3) is 10.8 Å². The molecule has 28 heavy (non-hydrogen) atoms. The van der Waals surface area contributed by atoms with Crippen molar-refractivity contribution in [2.75, 3.05) is 7.05 Å². The van der Waals surface area contributed by atoms with Crippen LogP contribution in [0.4, 0.5) is 13.2 Å². The number of rotatable bonds is 4. The molecule has 3 rings (SSSR count). The van der Waals surface area contributed by atoms with E-state index in [0.717, 1.165) is 10.9 Å². The van der Waals surface area contributed by atoms with E-state index in [9.17, 15) is 13.2 Å². The van der Waals surface area contributed by atoms with Crippen LogP contribution < -0.4 is 0 Å². The quantitative estimate of drug-likeness (QED) is 0.473. The van der Waals surface area contributed by atoms with Crippen LogP contribution in [-0.2, 0) is 12.0 Å². The highest BCUT2D eigenvalue weighted by Gasteiger charge is 2.44. The second kappa shape index (κ2) is 7.59. The topological polar surface area (TPSA) is 3.24 Å². The highest BCUT2D eigenvalue weighted by molar-refractivity contribution is 5.86. The summed E-state index contributed by atoms with van der Waals surface area (Å²) in [6.07, 6.45) is -4.37. The second-order valence-electron chi connectivity index (χ2n) is 8.37. The zero-order chi connectivity index (χ0) is 20.5. The lowest BCUT2D eigenvalue weighted by atomic mass is 9.86. The predicted octanol–water partition coefficient (Wildman–Crippen LogP) is 6.87. The zero-order valence-corrected chi connectivity index (χ0v) is 16.7. The summed E-state index contributed by atoms with van der Waals surface area (Å²) < 4.78 is 42.2. The van der Waals surface area contributed by atoms with Crippen molar-refractivity contribution in [3.05, 3.63) is 83.4 Å².